The molecule has 1 N–H and O–H groups in total. The van der Waals surface area contributed by atoms with Crippen LogP contribution in [0.25, 0.3) is 0 Å². The van der Waals surface area contributed by atoms with Gasteiger partial charge in [-0.3, -0.25) is 15.0 Å². The molecule has 100 valence electrons. The molecular formula is C14H23N3O. The van der Waals surface area contributed by atoms with Crippen LogP contribution in [-0.4, -0.2) is 52.6 Å². The highest BCUT2D eigenvalue weighted by molar-refractivity contribution is 5.92. The first-order chi connectivity index (χ1) is 8.75. The summed E-state index contributed by atoms with van der Waals surface area (Å²) >= 11 is 0. The Labute approximate surface area is 109 Å². The van der Waals surface area contributed by atoms with Crippen LogP contribution in [0, 0.1) is 0 Å². The monoisotopic (exact) mass is 249 g/mol. The lowest BCUT2D eigenvalue weighted by Gasteiger charge is -2.33. The van der Waals surface area contributed by atoms with Crippen molar-refractivity contribution in [3.05, 3.63) is 0 Å². The molecule has 4 fully saturated rings. The number of hydrogen-bond donors (Lipinski definition) is 1. The van der Waals surface area contributed by atoms with E-state index in [1.165, 1.54) is 32.4 Å². The smallest absolute Gasteiger partial charge is 0.244 e. The van der Waals surface area contributed by atoms with Gasteiger partial charge in [0, 0.05) is 12.6 Å². The van der Waals surface area contributed by atoms with Gasteiger partial charge in [-0.15, -0.1) is 0 Å². The van der Waals surface area contributed by atoms with Crippen LogP contribution in [-0.2, 0) is 4.79 Å². The van der Waals surface area contributed by atoms with E-state index in [1.807, 2.05) is 0 Å². The summed E-state index contributed by atoms with van der Waals surface area (Å²) in [4.78, 5) is 17.5. The summed E-state index contributed by atoms with van der Waals surface area (Å²) in [6.07, 6.45) is 7.24. The predicted octanol–water partition coefficient (Wildman–Crippen LogP) is 0.924. The van der Waals surface area contributed by atoms with Crippen LogP contribution in [0.4, 0.5) is 0 Å². The van der Waals surface area contributed by atoms with E-state index < -0.39 is 0 Å². The molecule has 1 aliphatic carbocycles. The molecular weight excluding hydrogens is 226 g/mol. The van der Waals surface area contributed by atoms with E-state index in [-0.39, 0.29) is 5.54 Å². The summed E-state index contributed by atoms with van der Waals surface area (Å²) in [5, 5.41) is 3.61. The van der Waals surface area contributed by atoms with E-state index in [0.29, 0.717) is 24.2 Å². The Kier molecular flexibility index (Phi) is 2.31. The fourth-order valence-electron chi connectivity index (χ4n) is 4.38. The Morgan fingerprint density at radius 3 is 2.83 bits per heavy atom. The SMILES string of the molecule is CCC1NC2(CC2)C(=O)N1C1CCN2CCCC12. The first-order valence-electron chi connectivity index (χ1n) is 7.60. The lowest BCUT2D eigenvalue weighted by molar-refractivity contribution is -0.133. The predicted molar refractivity (Wildman–Crippen MR) is 69.0 cm³/mol. The summed E-state index contributed by atoms with van der Waals surface area (Å²) in [6.45, 7) is 4.64. The Bertz CT molecular complexity index is 379. The summed E-state index contributed by atoms with van der Waals surface area (Å²) in [5.41, 5.74) is -0.132. The Morgan fingerprint density at radius 1 is 1.28 bits per heavy atom. The van der Waals surface area contributed by atoms with E-state index >= 15 is 0 Å². The molecule has 3 aliphatic heterocycles. The van der Waals surface area contributed by atoms with E-state index in [0.717, 1.165) is 19.3 Å². The first kappa shape index (κ1) is 11.2. The van der Waals surface area contributed by atoms with Crippen molar-refractivity contribution in [2.24, 2.45) is 0 Å². The fourth-order valence-corrected chi connectivity index (χ4v) is 4.38. The zero-order valence-corrected chi connectivity index (χ0v) is 11.2. The second-order valence-corrected chi connectivity index (χ2v) is 6.46. The molecule has 0 aromatic rings. The quantitative estimate of drug-likeness (QED) is 0.790. The normalized spacial score (nSPS) is 41.9. The number of fused-ring (bicyclic) bond motifs is 1. The van der Waals surface area contributed by atoms with Crippen LogP contribution >= 0.6 is 0 Å². The van der Waals surface area contributed by atoms with Crippen molar-refractivity contribution >= 4 is 5.91 Å². The van der Waals surface area contributed by atoms with Gasteiger partial charge in [0.25, 0.3) is 0 Å². The van der Waals surface area contributed by atoms with Crippen molar-refractivity contribution in [3.63, 3.8) is 0 Å². The molecule has 3 heterocycles. The molecule has 0 bridgehead atoms. The lowest BCUT2D eigenvalue weighted by atomic mass is 10.0. The standard InChI is InChI=1S/C14H23N3O/c1-2-12-15-14(6-7-14)13(18)17(12)11-5-9-16-8-3-4-10(11)16/h10-12,15H,2-9H2,1H3. The van der Waals surface area contributed by atoms with Crippen LogP contribution < -0.4 is 5.32 Å². The van der Waals surface area contributed by atoms with E-state index in [1.54, 1.807) is 0 Å². The summed E-state index contributed by atoms with van der Waals surface area (Å²) in [7, 11) is 0. The molecule has 1 saturated carbocycles. The molecule has 3 unspecified atom stereocenters. The van der Waals surface area contributed by atoms with Gasteiger partial charge in [0.2, 0.25) is 5.91 Å². The van der Waals surface area contributed by atoms with Crippen molar-refractivity contribution in [2.45, 2.75) is 69.2 Å². The van der Waals surface area contributed by atoms with Gasteiger partial charge in [0.15, 0.2) is 0 Å². The van der Waals surface area contributed by atoms with Crippen molar-refractivity contribution < 1.29 is 4.79 Å². The number of rotatable bonds is 2. The molecule has 1 spiro atoms. The van der Waals surface area contributed by atoms with Crippen LogP contribution in [0.3, 0.4) is 0 Å². The molecule has 0 aromatic heterocycles. The maximum absolute atomic E-state index is 12.7. The van der Waals surface area contributed by atoms with E-state index in [2.05, 4.69) is 22.0 Å². The zero-order valence-electron chi connectivity index (χ0n) is 11.2. The maximum Gasteiger partial charge on any atom is 0.244 e. The third-order valence-corrected chi connectivity index (χ3v) is 5.49. The maximum atomic E-state index is 12.7. The largest absolute Gasteiger partial charge is 0.321 e. The summed E-state index contributed by atoms with van der Waals surface area (Å²) in [6, 6.07) is 1.14. The van der Waals surface area contributed by atoms with E-state index in [9.17, 15) is 4.79 Å². The molecule has 3 atom stereocenters. The van der Waals surface area contributed by atoms with Gasteiger partial charge in [0.1, 0.15) is 0 Å². The minimum atomic E-state index is -0.132. The van der Waals surface area contributed by atoms with Gasteiger partial charge in [-0.2, -0.15) is 0 Å². The summed E-state index contributed by atoms with van der Waals surface area (Å²) < 4.78 is 0. The average molecular weight is 249 g/mol. The molecule has 18 heavy (non-hydrogen) atoms. The van der Waals surface area contributed by atoms with Gasteiger partial charge in [-0.05, 0) is 45.1 Å². The summed E-state index contributed by atoms with van der Waals surface area (Å²) in [5.74, 6) is 0.410. The third-order valence-electron chi connectivity index (χ3n) is 5.49. The molecule has 3 saturated heterocycles. The van der Waals surface area contributed by atoms with Crippen LogP contribution in [0.1, 0.15) is 45.4 Å². The second-order valence-electron chi connectivity index (χ2n) is 6.46. The van der Waals surface area contributed by atoms with Crippen LogP contribution in [0.5, 0.6) is 0 Å². The minimum absolute atomic E-state index is 0.132. The Balaban J connectivity index is 1.61. The van der Waals surface area contributed by atoms with Crippen molar-refractivity contribution in [1.29, 1.82) is 0 Å². The van der Waals surface area contributed by atoms with Gasteiger partial charge in [-0.1, -0.05) is 6.92 Å². The molecule has 0 aromatic carbocycles. The van der Waals surface area contributed by atoms with Gasteiger partial charge in [0.05, 0.1) is 17.7 Å². The number of carbonyl (C=O) groups excluding carboxylic acids is 1. The number of carbonyl (C=O) groups is 1. The number of hydrogen-bond acceptors (Lipinski definition) is 3. The molecule has 1 amide bonds. The van der Waals surface area contributed by atoms with Gasteiger partial charge in [-0.25, -0.2) is 0 Å². The molecule has 4 aliphatic rings. The van der Waals surface area contributed by atoms with E-state index in [4.69, 9.17) is 0 Å². The number of amides is 1. The highest BCUT2D eigenvalue weighted by Gasteiger charge is 2.61. The lowest BCUT2D eigenvalue weighted by Crippen LogP contribution is -2.49. The van der Waals surface area contributed by atoms with Crippen molar-refractivity contribution in [3.8, 4) is 0 Å². The topological polar surface area (TPSA) is 35.6 Å². The number of nitrogens with one attached hydrogen (secondary N) is 1. The molecule has 0 radical (unpaired) electrons. The molecule has 4 nitrogen and oxygen atoms in total. The Morgan fingerprint density at radius 2 is 2.11 bits per heavy atom. The average Bonchev–Trinajstić information content (AvgIpc) is 2.71. The van der Waals surface area contributed by atoms with Crippen LogP contribution in [0.2, 0.25) is 0 Å². The van der Waals surface area contributed by atoms with Crippen LogP contribution in [0.15, 0.2) is 0 Å². The second kappa shape index (κ2) is 3.70. The minimum Gasteiger partial charge on any atom is -0.321 e. The Hall–Kier alpha value is -0.610. The zero-order chi connectivity index (χ0) is 12.3. The molecule has 4 rings (SSSR count). The van der Waals surface area contributed by atoms with Crippen molar-refractivity contribution in [2.75, 3.05) is 13.1 Å². The fraction of sp³-hybridized carbons (Fsp3) is 0.929. The highest BCUT2D eigenvalue weighted by atomic mass is 16.2. The van der Waals surface area contributed by atoms with Gasteiger partial charge < -0.3 is 4.90 Å². The highest BCUT2D eigenvalue weighted by Crippen LogP contribution is 2.45. The first-order valence-corrected chi connectivity index (χ1v) is 7.60. The van der Waals surface area contributed by atoms with Crippen molar-refractivity contribution in [1.82, 2.24) is 15.1 Å². The third kappa shape index (κ3) is 1.36. The number of nitrogens with zero attached hydrogens (tertiary/aromatic N) is 2. The van der Waals surface area contributed by atoms with Gasteiger partial charge >= 0.3 is 0 Å². The molecule has 4 heteroatoms.